The molecular weight excluding hydrogens is 370 g/mol. The van der Waals surface area contributed by atoms with Crippen LogP contribution in [0.4, 0.5) is 23.2 Å². The molecule has 0 amide bonds. The van der Waals surface area contributed by atoms with Crippen LogP contribution in [0, 0.1) is 18.3 Å². The molecule has 0 spiro atoms. The largest absolute Gasteiger partial charge is 0.487 e. The van der Waals surface area contributed by atoms with Gasteiger partial charge >= 0.3 is 18.3 Å². The standard InChI is InChI=1S/C17H15F4N3O3/c1-9-5-11(27-8-17(20,21)16(18)19)3-4-12(9)24-7-10(6-22)13(23)14(24)15(25)26-2/h3-5,7,16H,8,23H2,1-2H3. The second-order valence-corrected chi connectivity index (χ2v) is 5.58. The lowest BCUT2D eigenvalue weighted by Crippen LogP contribution is -2.33. The summed E-state index contributed by atoms with van der Waals surface area (Å²) in [6, 6.07) is 5.87. The van der Waals surface area contributed by atoms with E-state index in [9.17, 15) is 22.4 Å². The minimum atomic E-state index is -4.28. The van der Waals surface area contributed by atoms with Crippen LogP contribution in [0.5, 0.6) is 5.75 Å². The zero-order valence-electron chi connectivity index (χ0n) is 14.3. The van der Waals surface area contributed by atoms with E-state index in [0.717, 1.165) is 7.11 Å². The summed E-state index contributed by atoms with van der Waals surface area (Å²) >= 11 is 0. The van der Waals surface area contributed by atoms with Crippen molar-refractivity contribution in [3.05, 3.63) is 41.2 Å². The van der Waals surface area contributed by atoms with Crippen LogP contribution in [0.1, 0.15) is 21.6 Å². The Morgan fingerprint density at radius 3 is 2.59 bits per heavy atom. The van der Waals surface area contributed by atoms with Crippen molar-refractivity contribution in [2.24, 2.45) is 0 Å². The van der Waals surface area contributed by atoms with Gasteiger partial charge in [0.1, 0.15) is 11.8 Å². The molecule has 0 aliphatic carbocycles. The molecule has 0 saturated carbocycles. The Labute approximate surface area is 151 Å². The normalized spacial score (nSPS) is 11.3. The Morgan fingerprint density at radius 1 is 1.41 bits per heavy atom. The number of aromatic nitrogens is 1. The smallest absolute Gasteiger partial charge is 0.357 e. The van der Waals surface area contributed by atoms with E-state index in [1.807, 2.05) is 6.07 Å². The summed E-state index contributed by atoms with van der Waals surface area (Å²) in [7, 11) is 1.15. The molecule has 1 aromatic carbocycles. The third-order valence-electron chi connectivity index (χ3n) is 3.72. The second kappa shape index (κ2) is 7.57. The van der Waals surface area contributed by atoms with Crippen molar-refractivity contribution in [3.63, 3.8) is 0 Å². The molecular formula is C17H15F4N3O3. The third-order valence-corrected chi connectivity index (χ3v) is 3.72. The predicted octanol–water partition coefficient (Wildman–Crippen LogP) is 3.31. The molecule has 1 heterocycles. The molecule has 0 bridgehead atoms. The molecule has 2 rings (SSSR count). The molecule has 0 saturated heterocycles. The molecule has 0 radical (unpaired) electrons. The van der Waals surface area contributed by atoms with Gasteiger partial charge in [-0.3, -0.25) is 0 Å². The molecule has 2 aromatic rings. The Kier molecular flexibility index (Phi) is 5.64. The number of ether oxygens (including phenoxy) is 2. The summed E-state index contributed by atoms with van der Waals surface area (Å²) in [5, 5.41) is 9.11. The zero-order chi connectivity index (χ0) is 20.4. The molecule has 144 valence electrons. The lowest BCUT2D eigenvalue weighted by molar-refractivity contribution is -0.148. The van der Waals surface area contributed by atoms with Crippen molar-refractivity contribution in [1.29, 1.82) is 5.26 Å². The predicted molar refractivity (Wildman–Crippen MR) is 87.4 cm³/mol. The van der Waals surface area contributed by atoms with Crippen molar-refractivity contribution in [2.75, 3.05) is 19.5 Å². The number of nitrogens with zero attached hydrogens (tertiary/aromatic N) is 2. The van der Waals surface area contributed by atoms with Crippen LogP contribution in [0.25, 0.3) is 5.69 Å². The van der Waals surface area contributed by atoms with Gasteiger partial charge in [0.2, 0.25) is 0 Å². The Bertz CT molecular complexity index is 904. The molecule has 0 atom stereocenters. The van der Waals surface area contributed by atoms with E-state index in [1.165, 1.54) is 29.0 Å². The number of hydrogen-bond acceptors (Lipinski definition) is 5. The lowest BCUT2D eigenvalue weighted by atomic mass is 10.2. The van der Waals surface area contributed by atoms with E-state index in [0.29, 0.717) is 11.3 Å². The maximum absolute atomic E-state index is 13.0. The molecule has 0 fully saturated rings. The number of methoxy groups -OCH3 is 1. The fourth-order valence-corrected chi connectivity index (χ4v) is 2.34. The number of nitriles is 1. The summed E-state index contributed by atoms with van der Waals surface area (Å²) < 4.78 is 61.1. The SMILES string of the molecule is COC(=O)c1c(N)c(C#N)cn1-c1ccc(OCC(F)(F)C(F)F)cc1C. The minimum Gasteiger partial charge on any atom is -0.487 e. The number of esters is 1. The number of alkyl halides is 4. The molecule has 0 unspecified atom stereocenters. The maximum atomic E-state index is 13.0. The molecule has 0 aliphatic heterocycles. The molecule has 10 heteroatoms. The van der Waals surface area contributed by atoms with Crippen molar-refractivity contribution in [2.45, 2.75) is 19.3 Å². The number of hydrogen-bond donors (Lipinski definition) is 1. The van der Waals surface area contributed by atoms with Crippen LogP contribution < -0.4 is 10.5 Å². The van der Waals surface area contributed by atoms with E-state index in [1.54, 1.807) is 6.92 Å². The number of benzene rings is 1. The highest BCUT2D eigenvalue weighted by Crippen LogP contribution is 2.29. The summed E-state index contributed by atoms with van der Waals surface area (Å²) in [6.07, 6.45) is -2.51. The number of carbonyl (C=O) groups excluding carboxylic acids is 1. The van der Waals surface area contributed by atoms with Crippen LogP contribution in [0.3, 0.4) is 0 Å². The highest BCUT2D eigenvalue weighted by molar-refractivity contribution is 5.96. The van der Waals surface area contributed by atoms with Crippen LogP contribution in [-0.2, 0) is 4.74 Å². The lowest BCUT2D eigenvalue weighted by Gasteiger charge is -2.17. The van der Waals surface area contributed by atoms with Crippen LogP contribution in [0.15, 0.2) is 24.4 Å². The number of aryl methyl sites for hydroxylation is 1. The molecule has 0 aliphatic rings. The van der Waals surface area contributed by atoms with Crippen molar-refractivity contribution in [1.82, 2.24) is 4.57 Å². The van der Waals surface area contributed by atoms with Gasteiger partial charge in [0, 0.05) is 11.9 Å². The van der Waals surface area contributed by atoms with Crippen molar-refractivity contribution in [3.8, 4) is 17.5 Å². The van der Waals surface area contributed by atoms with E-state index in [-0.39, 0.29) is 22.7 Å². The van der Waals surface area contributed by atoms with Gasteiger partial charge in [-0.2, -0.15) is 14.0 Å². The molecule has 27 heavy (non-hydrogen) atoms. The fraction of sp³-hybridized carbons (Fsp3) is 0.294. The summed E-state index contributed by atoms with van der Waals surface area (Å²) in [5.41, 5.74) is 6.57. The average Bonchev–Trinajstić information content (AvgIpc) is 2.95. The Hall–Kier alpha value is -3.22. The van der Waals surface area contributed by atoms with Gasteiger partial charge in [0.25, 0.3) is 0 Å². The minimum absolute atomic E-state index is 0.0479. The van der Waals surface area contributed by atoms with Crippen LogP contribution >= 0.6 is 0 Å². The van der Waals surface area contributed by atoms with Gasteiger partial charge < -0.3 is 19.8 Å². The zero-order valence-corrected chi connectivity index (χ0v) is 14.3. The molecule has 2 N–H and O–H groups in total. The van der Waals surface area contributed by atoms with Gasteiger partial charge in [-0.1, -0.05) is 0 Å². The van der Waals surface area contributed by atoms with Crippen molar-refractivity contribution < 1.29 is 31.8 Å². The first kappa shape index (κ1) is 20.1. The summed E-state index contributed by atoms with van der Waals surface area (Å²) in [6.45, 7) is 0.0999. The number of rotatable bonds is 6. The summed E-state index contributed by atoms with van der Waals surface area (Å²) in [5.74, 6) is -5.11. The topological polar surface area (TPSA) is 90.3 Å². The van der Waals surface area contributed by atoms with Gasteiger partial charge in [0.05, 0.1) is 18.4 Å². The first-order valence-electron chi connectivity index (χ1n) is 7.51. The monoisotopic (exact) mass is 385 g/mol. The quantitative estimate of drug-likeness (QED) is 0.609. The number of carbonyl (C=O) groups is 1. The highest BCUT2D eigenvalue weighted by Gasteiger charge is 2.41. The number of nitrogens with two attached hydrogens (primary N) is 1. The number of halogens is 4. The highest BCUT2D eigenvalue weighted by atomic mass is 19.3. The second-order valence-electron chi connectivity index (χ2n) is 5.58. The van der Waals surface area contributed by atoms with Crippen LogP contribution in [-0.4, -0.2) is 36.6 Å². The maximum Gasteiger partial charge on any atom is 0.357 e. The molecule has 6 nitrogen and oxygen atoms in total. The third kappa shape index (κ3) is 3.97. The van der Waals surface area contributed by atoms with E-state index in [2.05, 4.69) is 4.74 Å². The summed E-state index contributed by atoms with van der Waals surface area (Å²) in [4.78, 5) is 12.0. The van der Waals surface area contributed by atoms with Gasteiger partial charge in [-0.15, -0.1) is 0 Å². The Balaban J connectivity index is 2.39. The number of nitrogen functional groups attached to an aromatic ring is 1. The van der Waals surface area contributed by atoms with Crippen LogP contribution in [0.2, 0.25) is 0 Å². The van der Waals surface area contributed by atoms with Crippen molar-refractivity contribution >= 4 is 11.7 Å². The van der Waals surface area contributed by atoms with E-state index < -0.39 is 24.9 Å². The Morgan fingerprint density at radius 2 is 2.07 bits per heavy atom. The number of anilines is 1. The fourth-order valence-electron chi connectivity index (χ4n) is 2.34. The first-order chi connectivity index (χ1) is 12.6. The van der Waals surface area contributed by atoms with E-state index in [4.69, 9.17) is 15.7 Å². The van der Waals surface area contributed by atoms with E-state index >= 15 is 0 Å². The van der Waals surface area contributed by atoms with Gasteiger partial charge in [0.15, 0.2) is 12.3 Å². The molecule has 1 aromatic heterocycles. The average molecular weight is 385 g/mol. The van der Waals surface area contributed by atoms with Gasteiger partial charge in [-0.25, -0.2) is 13.6 Å². The first-order valence-corrected chi connectivity index (χ1v) is 7.51. The van der Waals surface area contributed by atoms with Gasteiger partial charge in [-0.05, 0) is 30.7 Å².